The van der Waals surface area contributed by atoms with E-state index in [1.165, 1.54) is 45.7 Å². The predicted molar refractivity (Wildman–Crippen MR) is 113 cm³/mol. The smallest absolute Gasteiger partial charge is 0.193 e. The molecule has 0 saturated heterocycles. The number of ketones is 1. The molecule has 1 aliphatic rings. The molecule has 0 fully saturated rings. The number of carbonyl (C=O) groups is 1. The average Bonchev–Trinajstić information content (AvgIpc) is 2.73. The SMILES string of the molecule is Cc1ccc(C(=O)c2cc3c4c(ccc3c3ccccc23)CCCC4)cc1. The zero-order chi connectivity index (χ0) is 18.4. The van der Waals surface area contributed by atoms with Gasteiger partial charge in [-0.15, -0.1) is 0 Å². The molecule has 27 heavy (non-hydrogen) atoms. The summed E-state index contributed by atoms with van der Waals surface area (Å²) in [5.41, 5.74) is 5.65. The Balaban J connectivity index is 1.82. The van der Waals surface area contributed by atoms with Crippen LogP contribution in [0.3, 0.4) is 0 Å². The van der Waals surface area contributed by atoms with Gasteiger partial charge in [0, 0.05) is 11.1 Å². The standard InChI is InChI=1S/C26H22O/c1-17-10-12-19(13-11-17)26(27)25-16-24-20-7-3-2-6-18(20)14-15-23(24)21-8-4-5-9-22(21)25/h4-5,8-16H,2-3,6-7H2,1H3. The highest BCUT2D eigenvalue weighted by Crippen LogP contribution is 2.35. The highest BCUT2D eigenvalue weighted by molar-refractivity contribution is 6.22. The lowest BCUT2D eigenvalue weighted by molar-refractivity contribution is 0.104. The van der Waals surface area contributed by atoms with E-state index in [4.69, 9.17) is 0 Å². The van der Waals surface area contributed by atoms with E-state index in [0.717, 1.165) is 29.4 Å². The van der Waals surface area contributed by atoms with Crippen LogP contribution in [0, 0.1) is 6.92 Å². The number of hydrogen-bond acceptors (Lipinski definition) is 1. The van der Waals surface area contributed by atoms with Crippen molar-refractivity contribution in [2.24, 2.45) is 0 Å². The van der Waals surface area contributed by atoms with Crippen molar-refractivity contribution < 1.29 is 4.79 Å². The Morgan fingerprint density at radius 2 is 1.44 bits per heavy atom. The zero-order valence-electron chi connectivity index (χ0n) is 15.6. The maximum atomic E-state index is 13.4. The maximum absolute atomic E-state index is 13.4. The Morgan fingerprint density at radius 1 is 0.741 bits per heavy atom. The fraction of sp³-hybridized carbons (Fsp3) is 0.192. The number of rotatable bonds is 2. The Morgan fingerprint density at radius 3 is 2.26 bits per heavy atom. The molecule has 0 atom stereocenters. The summed E-state index contributed by atoms with van der Waals surface area (Å²) in [5, 5.41) is 4.76. The Bertz CT molecular complexity index is 1180. The van der Waals surface area contributed by atoms with E-state index in [0.29, 0.717) is 0 Å². The lowest BCUT2D eigenvalue weighted by Crippen LogP contribution is -2.06. The molecule has 4 aromatic rings. The molecule has 0 bridgehead atoms. The molecule has 1 heteroatoms. The molecule has 1 nitrogen and oxygen atoms in total. The molecule has 0 saturated carbocycles. The summed E-state index contributed by atoms with van der Waals surface area (Å²) in [6, 6.07) is 22.9. The summed E-state index contributed by atoms with van der Waals surface area (Å²) >= 11 is 0. The number of benzene rings is 4. The normalized spacial score (nSPS) is 13.7. The first kappa shape index (κ1) is 16.3. The van der Waals surface area contributed by atoms with Crippen molar-refractivity contribution in [1.82, 2.24) is 0 Å². The Labute approximate surface area is 159 Å². The molecule has 0 aliphatic heterocycles. The van der Waals surface area contributed by atoms with Crippen LogP contribution in [0.15, 0.2) is 66.7 Å². The van der Waals surface area contributed by atoms with Crippen LogP contribution in [-0.4, -0.2) is 5.78 Å². The van der Waals surface area contributed by atoms with Crippen LogP contribution in [-0.2, 0) is 12.8 Å². The van der Waals surface area contributed by atoms with Gasteiger partial charge in [-0.05, 0) is 71.3 Å². The molecule has 0 unspecified atom stereocenters. The first-order chi connectivity index (χ1) is 13.2. The van der Waals surface area contributed by atoms with Crippen molar-refractivity contribution in [3.05, 3.63) is 94.5 Å². The Kier molecular flexibility index (Phi) is 3.82. The van der Waals surface area contributed by atoms with E-state index >= 15 is 0 Å². The highest BCUT2D eigenvalue weighted by atomic mass is 16.1. The summed E-state index contributed by atoms with van der Waals surface area (Å²) < 4.78 is 0. The van der Waals surface area contributed by atoms with E-state index in [-0.39, 0.29) is 5.78 Å². The summed E-state index contributed by atoms with van der Waals surface area (Å²) in [6.45, 7) is 2.05. The van der Waals surface area contributed by atoms with Gasteiger partial charge in [-0.2, -0.15) is 0 Å². The fourth-order valence-electron chi connectivity index (χ4n) is 4.48. The Hall–Kier alpha value is -2.93. The third kappa shape index (κ3) is 2.66. The van der Waals surface area contributed by atoms with Crippen LogP contribution in [0.4, 0.5) is 0 Å². The number of hydrogen-bond donors (Lipinski definition) is 0. The average molecular weight is 350 g/mol. The van der Waals surface area contributed by atoms with Crippen LogP contribution in [0.1, 0.15) is 45.5 Å². The van der Waals surface area contributed by atoms with E-state index in [2.05, 4.69) is 36.4 Å². The van der Waals surface area contributed by atoms with Crippen LogP contribution in [0.25, 0.3) is 21.5 Å². The van der Waals surface area contributed by atoms with Gasteiger partial charge in [0.2, 0.25) is 0 Å². The largest absolute Gasteiger partial charge is 0.289 e. The number of carbonyl (C=O) groups excluding carboxylic acids is 1. The van der Waals surface area contributed by atoms with E-state index in [9.17, 15) is 4.79 Å². The molecule has 5 rings (SSSR count). The van der Waals surface area contributed by atoms with E-state index in [1.807, 2.05) is 37.3 Å². The van der Waals surface area contributed by atoms with Gasteiger partial charge < -0.3 is 0 Å². The van der Waals surface area contributed by atoms with E-state index < -0.39 is 0 Å². The second-order valence-corrected chi connectivity index (χ2v) is 7.67. The zero-order valence-corrected chi connectivity index (χ0v) is 15.6. The fourth-order valence-corrected chi connectivity index (χ4v) is 4.48. The van der Waals surface area contributed by atoms with Crippen molar-refractivity contribution in [2.45, 2.75) is 32.6 Å². The molecule has 4 aromatic carbocycles. The van der Waals surface area contributed by atoms with Crippen molar-refractivity contribution in [3.8, 4) is 0 Å². The minimum Gasteiger partial charge on any atom is -0.289 e. The van der Waals surface area contributed by atoms with Crippen molar-refractivity contribution >= 4 is 27.3 Å². The van der Waals surface area contributed by atoms with Gasteiger partial charge in [-0.3, -0.25) is 4.79 Å². The summed E-state index contributed by atoms with van der Waals surface area (Å²) in [4.78, 5) is 13.4. The third-order valence-electron chi connectivity index (χ3n) is 5.93. The van der Waals surface area contributed by atoms with Gasteiger partial charge in [-0.25, -0.2) is 0 Å². The lowest BCUT2D eigenvalue weighted by Gasteiger charge is -2.20. The molecule has 132 valence electrons. The first-order valence-electron chi connectivity index (χ1n) is 9.80. The third-order valence-corrected chi connectivity index (χ3v) is 5.93. The second-order valence-electron chi connectivity index (χ2n) is 7.67. The minimum atomic E-state index is 0.113. The van der Waals surface area contributed by atoms with Crippen LogP contribution in [0.2, 0.25) is 0 Å². The topological polar surface area (TPSA) is 17.1 Å². The molecule has 0 aromatic heterocycles. The van der Waals surface area contributed by atoms with Gasteiger partial charge >= 0.3 is 0 Å². The molecule has 0 N–H and O–H groups in total. The molecular formula is C26H22O. The summed E-state index contributed by atoms with van der Waals surface area (Å²) in [5.74, 6) is 0.113. The van der Waals surface area contributed by atoms with Gasteiger partial charge in [0.15, 0.2) is 5.78 Å². The lowest BCUT2D eigenvalue weighted by atomic mass is 9.84. The molecule has 0 spiro atoms. The second kappa shape index (κ2) is 6.35. The van der Waals surface area contributed by atoms with E-state index in [1.54, 1.807) is 0 Å². The predicted octanol–water partition coefficient (Wildman–Crippen LogP) is 6.41. The quantitative estimate of drug-likeness (QED) is 0.301. The van der Waals surface area contributed by atoms with Gasteiger partial charge in [-0.1, -0.05) is 66.2 Å². The van der Waals surface area contributed by atoms with Crippen LogP contribution in [0.5, 0.6) is 0 Å². The minimum absolute atomic E-state index is 0.113. The monoisotopic (exact) mass is 350 g/mol. The summed E-state index contributed by atoms with van der Waals surface area (Å²) in [6.07, 6.45) is 4.77. The molecular weight excluding hydrogens is 328 g/mol. The van der Waals surface area contributed by atoms with Crippen LogP contribution < -0.4 is 0 Å². The molecule has 1 aliphatic carbocycles. The molecule has 0 heterocycles. The highest BCUT2D eigenvalue weighted by Gasteiger charge is 2.18. The van der Waals surface area contributed by atoms with Crippen molar-refractivity contribution in [3.63, 3.8) is 0 Å². The van der Waals surface area contributed by atoms with Crippen molar-refractivity contribution in [2.75, 3.05) is 0 Å². The summed E-state index contributed by atoms with van der Waals surface area (Å²) in [7, 11) is 0. The van der Waals surface area contributed by atoms with Crippen LogP contribution >= 0.6 is 0 Å². The maximum Gasteiger partial charge on any atom is 0.193 e. The van der Waals surface area contributed by atoms with Gasteiger partial charge in [0.1, 0.15) is 0 Å². The molecule has 0 radical (unpaired) electrons. The van der Waals surface area contributed by atoms with Crippen molar-refractivity contribution in [1.29, 1.82) is 0 Å². The van der Waals surface area contributed by atoms with Gasteiger partial charge in [0.25, 0.3) is 0 Å². The van der Waals surface area contributed by atoms with Gasteiger partial charge in [0.05, 0.1) is 0 Å². The number of aryl methyl sites for hydroxylation is 3. The molecule has 0 amide bonds. The number of fused-ring (bicyclic) bond motifs is 5. The first-order valence-corrected chi connectivity index (χ1v) is 9.80.